The van der Waals surface area contributed by atoms with Crippen molar-refractivity contribution in [1.82, 2.24) is 0 Å². The summed E-state index contributed by atoms with van der Waals surface area (Å²) in [5.41, 5.74) is 0. The first-order valence-corrected chi connectivity index (χ1v) is 7.26. The van der Waals surface area contributed by atoms with E-state index in [4.69, 9.17) is 10.2 Å². The summed E-state index contributed by atoms with van der Waals surface area (Å²) in [7, 11) is -3.61. The Kier molecular flexibility index (Phi) is 4.79. The Morgan fingerprint density at radius 2 is 1.94 bits per heavy atom. The largest absolute Gasteiger partial charge is 0.396 e. The molecule has 0 bridgehead atoms. The molecule has 1 unspecified atom stereocenters. The highest BCUT2D eigenvalue weighted by molar-refractivity contribution is 8.00. The quantitative estimate of drug-likeness (QED) is 0.780. The molecule has 0 fully saturated rings. The number of hydrogen-bond donors (Lipinski definition) is 2. The van der Waals surface area contributed by atoms with Gasteiger partial charge in [-0.2, -0.15) is 0 Å². The van der Waals surface area contributed by atoms with E-state index in [9.17, 15) is 8.42 Å². The predicted molar refractivity (Wildman–Crippen MR) is 64.8 cm³/mol. The van der Waals surface area contributed by atoms with Crippen LogP contribution in [0.1, 0.15) is 13.3 Å². The number of rotatable bonds is 5. The average molecular weight is 261 g/mol. The van der Waals surface area contributed by atoms with Gasteiger partial charge in [0.25, 0.3) is 0 Å². The number of nitrogens with two attached hydrogens (primary N) is 1. The highest BCUT2D eigenvalue weighted by Crippen LogP contribution is 2.25. The molecule has 0 radical (unpaired) electrons. The molecule has 0 saturated heterocycles. The minimum atomic E-state index is -3.61. The topological polar surface area (TPSA) is 80.4 Å². The molecule has 90 valence electrons. The van der Waals surface area contributed by atoms with Crippen molar-refractivity contribution in [2.75, 3.05) is 6.61 Å². The van der Waals surface area contributed by atoms with E-state index in [0.29, 0.717) is 11.7 Å². The van der Waals surface area contributed by atoms with Crippen LogP contribution in [0.4, 0.5) is 0 Å². The van der Waals surface area contributed by atoms with Crippen molar-refractivity contribution in [3.63, 3.8) is 0 Å². The van der Waals surface area contributed by atoms with Crippen LogP contribution in [0, 0.1) is 0 Å². The van der Waals surface area contributed by atoms with Crippen LogP contribution < -0.4 is 5.14 Å². The van der Waals surface area contributed by atoms with Crippen molar-refractivity contribution in [1.29, 1.82) is 0 Å². The highest BCUT2D eigenvalue weighted by Gasteiger charge is 2.08. The maximum atomic E-state index is 11.0. The van der Waals surface area contributed by atoms with E-state index in [0.717, 1.165) is 4.90 Å². The number of thioether (sulfide) groups is 1. The predicted octanol–water partition coefficient (Wildman–Crippen LogP) is 1.20. The second-order valence-electron chi connectivity index (χ2n) is 3.46. The number of hydrogen-bond acceptors (Lipinski definition) is 4. The van der Waals surface area contributed by atoms with Crippen molar-refractivity contribution in [2.45, 2.75) is 28.4 Å². The molecule has 3 N–H and O–H groups in total. The van der Waals surface area contributed by atoms with Gasteiger partial charge >= 0.3 is 0 Å². The van der Waals surface area contributed by atoms with Crippen LogP contribution in [-0.2, 0) is 10.0 Å². The number of aliphatic hydroxyl groups excluding tert-OH is 1. The van der Waals surface area contributed by atoms with Gasteiger partial charge in [0.15, 0.2) is 0 Å². The van der Waals surface area contributed by atoms with E-state index in [-0.39, 0.29) is 11.5 Å². The summed E-state index contributed by atoms with van der Waals surface area (Å²) < 4.78 is 22.0. The van der Waals surface area contributed by atoms with Crippen LogP contribution >= 0.6 is 11.8 Å². The number of aliphatic hydroxyl groups is 1. The first-order chi connectivity index (χ1) is 7.43. The monoisotopic (exact) mass is 261 g/mol. The fourth-order valence-electron chi connectivity index (χ4n) is 1.18. The molecular weight excluding hydrogens is 246 g/mol. The molecule has 4 nitrogen and oxygen atoms in total. The SMILES string of the molecule is CC(CCO)Sc1ccc(S(N)(=O)=O)cc1. The Bertz CT molecular complexity index is 428. The summed E-state index contributed by atoms with van der Waals surface area (Å²) >= 11 is 1.59. The molecule has 0 heterocycles. The maximum Gasteiger partial charge on any atom is 0.238 e. The maximum absolute atomic E-state index is 11.0. The Labute approximate surface area is 99.9 Å². The van der Waals surface area contributed by atoms with Crippen LogP contribution in [0.15, 0.2) is 34.1 Å². The van der Waals surface area contributed by atoms with Crippen LogP contribution in [0.5, 0.6) is 0 Å². The van der Waals surface area contributed by atoms with Crippen LogP contribution in [0.2, 0.25) is 0 Å². The highest BCUT2D eigenvalue weighted by atomic mass is 32.2. The smallest absolute Gasteiger partial charge is 0.238 e. The van der Waals surface area contributed by atoms with Gasteiger partial charge in [-0.3, -0.25) is 0 Å². The van der Waals surface area contributed by atoms with Crippen molar-refractivity contribution < 1.29 is 13.5 Å². The van der Waals surface area contributed by atoms with E-state index >= 15 is 0 Å². The summed E-state index contributed by atoms with van der Waals surface area (Å²) in [6.45, 7) is 2.16. The second kappa shape index (κ2) is 5.67. The minimum absolute atomic E-state index is 0.117. The molecule has 0 aliphatic heterocycles. The Morgan fingerprint density at radius 3 is 2.38 bits per heavy atom. The molecule has 1 rings (SSSR count). The normalized spacial score (nSPS) is 13.7. The molecule has 1 atom stereocenters. The van der Waals surface area contributed by atoms with Crippen molar-refractivity contribution in [3.05, 3.63) is 24.3 Å². The third kappa shape index (κ3) is 4.13. The van der Waals surface area contributed by atoms with Gasteiger partial charge in [-0.25, -0.2) is 13.6 Å². The average Bonchev–Trinajstić information content (AvgIpc) is 2.17. The lowest BCUT2D eigenvalue weighted by Gasteiger charge is -2.09. The van der Waals surface area contributed by atoms with Crippen molar-refractivity contribution in [3.8, 4) is 0 Å². The third-order valence-corrected chi connectivity index (χ3v) is 4.14. The molecular formula is C10H15NO3S2. The van der Waals surface area contributed by atoms with Gasteiger partial charge in [-0.05, 0) is 30.7 Å². The number of primary sulfonamides is 1. The lowest BCUT2D eigenvalue weighted by molar-refractivity contribution is 0.289. The summed E-state index contributed by atoms with van der Waals surface area (Å²) in [4.78, 5) is 1.08. The van der Waals surface area contributed by atoms with Gasteiger partial charge in [0.2, 0.25) is 10.0 Å². The van der Waals surface area contributed by atoms with E-state index in [2.05, 4.69) is 0 Å². The molecule has 1 aromatic rings. The van der Waals surface area contributed by atoms with Gasteiger partial charge < -0.3 is 5.11 Å². The van der Waals surface area contributed by atoms with Gasteiger partial charge in [0, 0.05) is 16.8 Å². The van der Waals surface area contributed by atoms with Gasteiger partial charge in [-0.15, -0.1) is 11.8 Å². The molecule has 0 saturated carbocycles. The lowest BCUT2D eigenvalue weighted by Crippen LogP contribution is -2.11. The molecule has 6 heteroatoms. The first kappa shape index (κ1) is 13.5. The fourth-order valence-corrected chi connectivity index (χ4v) is 2.68. The van der Waals surface area contributed by atoms with E-state index in [1.165, 1.54) is 12.1 Å². The van der Waals surface area contributed by atoms with Gasteiger partial charge in [0.05, 0.1) is 4.90 Å². The number of sulfonamides is 1. The molecule has 0 spiro atoms. The molecule has 1 aromatic carbocycles. The van der Waals surface area contributed by atoms with E-state index < -0.39 is 10.0 Å². The van der Waals surface area contributed by atoms with Crippen molar-refractivity contribution >= 4 is 21.8 Å². The third-order valence-electron chi connectivity index (χ3n) is 2.03. The van der Waals surface area contributed by atoms with E-state index in [1.54, 1.807) is 23.9 Å². The zero-order valence-electron chi connectivity index (χ0n) is 8.96. The number of benzene rings is 1. The molecule has 0 aliphatic carbocycles. The zero-order chi connectivity index (χ0) is 12.2. The fraction of sp³-hybridized carbons (Fsp3) is 0.400. The van der Waals surface area contributed by atoms with Crippen LogP contribution in [0.3, 0.4) is 0 Å². The summed E-state index contributed by atoms with van der Waals surface area (Å²) in [5.74, 6) is 0. The Balaban J connectivity index is 2.72. The minimum Gasteiger partial charge on any atom is -0.396 e. The second-order valence-corrected chi connectivity index (χ2v) is 6.53. The molecule has 0 aliphatic rings. The van der Waals surface area contributed by atoms with Crippen LogP contribution in [0.25, 0.3) is 0 Å². The summed E-state index contributed by atoms with van der Waals surface area (Å²) in [6, 6.07) is 6.42. The molecule has 0 amide bonds. The standard InChI is InChI=1S/C10H15NO3S2/c1-8(6-7-12)15-9-2-4-10(5-3-9)16(11,13)14/h2-5,8,12H,6-7H2,1H3,(H2,11,13,14). The molecule has 0 aromatic heterocycles. The van der Waals surface area contributed by atoms with Gasteiger partial charge in [0.1, 0.15) is 0 Å². The first-order valence-electron chi connectivity index (χ1n) is 4.84. The van der Waals surface area contributed by atoms with Crippen molar-refractivity contribution in [2.24, 2.45) is 5.14 Å². The summed E-state index contributed by atoms with van der Waals surface area (Å²) in [5, 5.41) is 14.0. The van der Waals surface area contributed by atoms with Crippen LogP contribution in [-0.4, -0.2) is 25.4 Å². The summed E-state index contributed by atoms with van der Waals surface area (Å²) in [6.07, 6.45) is 0.710. The molecule has 16 heavy (non-hydrogen) atoms. The Morgan fingerprint density at radius 1 is 1.38 bits per heavy atom. The Hall–Kier alpha value is -0.560. The van der Waals surface area contributed by atoms with Gasteiger partial charge in [-0.1, -0.05) is 6.92 Å². The van der Waals surface area contributed by atoms with E-state index in [1.807, 2.05) is 6.92 Å². The zero-order valence-corrected chi connectivity index (χ0v) is 10.6. The lowest BCUT2D eigenvalue weighted by atomic mass is 10.3.